The van der Waals surface area contributed by atoms with Crippen LogP contribution in [0.3, 0.4) is 0 Å². The molecule has 3 nitrogen and oxygen atoms in total. The number of oxazole rings is 1. The lowest BCUT2D eigenvalue weighted by molar-refractivity contribution is 0.445. The highest BCUT2D eigenvalue weighted by molar-refractivity contribution is 5.04. The molecule has 0 fully saturated rings. The third-order valence-electron chi connectivity index (χ3n) is 3.31. The number of rotatable bonds is 10. The molecule has 0 bridgehead atoms. The SMILES string of the molecule is CCCCCCCCCNCc1nc(C)c(C)o1. The fourth-order valence-corrected chi connectivity index (χ4v) is 2.02. The van der Waals surface area contributed by atoms with Crippen molar-refractivity contribution in [3.63, 3.8) is 0 Å². The molecule has 0 saturated carbocycles. The highest BCUT2D eigenvalue weighted by Crippen LogP contribution is 2.08. The molecule has 0 aliphatic heterocycles. The fraction of sp³-hybridized carbons (Fsp3) is 0.800. The van der Waals surface area contributed by atoms with E-state index in [0.29, 0.717) is 0 Å². The second kappa shape index (κ2) is 9.15. The zero-order valence-corrected chi connectivity index (χ0v) is 12.2. The highest BCUT2D eigenvalue weighted by Gasteiger charge is 2.03. The maximum atomic E-state index is 5.51. The Morgan fingerprint density at radius 3 is 2.28 bits per heavy atom. The summed E-state index contributed by atoms with van der Waals surface area (Å²) in [6.45, 7) is 8.02. The minimum absolute atomic E-state index is 0.754. The van der Waals surface area contributed by atoms with E-state index in [0.717, 1.165) is 30.4 Å². The first kappa shape index (κ1) is 15.2. The molecule has 1 aromatic heterocycles. The molecule has 0 spiro atoms. The lowest BCUT2D eigenvalue weighted by Gasteiger charge is -2.02. The summed E-state index contributed by atoms with van der Waals surface area (Å²) in [6.07, 6.45) is 9.48. The van der Waals surface area contributed by atoms with Crippen LogP contribution in [0.1, 0.15) is 69.2 Å². The van der Waals surface area contributed by atoms with Crippen molar-refractivity contribution in [3.05, 3.63) is 17.3 Å². The summed E-state index contributed by atoms with van der Waals surface area (Å²) in [5, 5.41) is 3.39. The first-order valence-electron chi connectivity index (χ1n) is 7.37. The van der Waals surface area contributed by atoms with Gasteiger partial charge in [-0.2, -0.15) is 0 Å². The molecule has 0 radical (unpaired) electrons. The highest BCUT2D eigenvalue weighted by atomic mass is 16.4. The van der Waals surface area contributed by atoms with E-state index in [-0.39, 0.29) is 0 Å². The van der Waals surface area contributed by atoms with Gasteiger partial charge in [0, 0.05) is 0 Å². The molecule has 0 aromatic carbocycles. The first-order valence-corrected chi connectivity index (χ1v) is 7.37. The summed E-state index contributed by atoms with van der Waals surface area (Å²) in [5.74, 6) is 1.75. The Balaban J connectivity index is 1.92. The Labute approximate surface area is 111 Å². The average Bonchev–Trinajstić information content (AvgIpc) is 2.67. The van der Waals surface area contributed by atoms with Crippen LogP contribution >= 0.6 is 0 Å². The van der Waals surface area contributed by atoms with Crippen LogP contribution < -0.4 is 5.32 Å². The monoisotopic (exact) mass is 252 g/mol. The average molecular weight is 252 g/mol. The molecule has 1 N–H and O–H groups in total. The normalized spacial score (nSPS) is 11.1. The largest absolute Gasteiger partial charge is 0.444 e. The minimum Gasteiger partial charge on any atom is -0.444 e. The van der Waals surface area contributed by atoms with Crippen molar-refractivity contribution in [1.82, 2.24) is 10.3 Å². The molecule has 104 valence electrons. The molecule has 0 aliphatic rings. The van der Waals surface area contributed by atoms with Crippen molar-refractivity contribution in [2.24, 2.45) is 0 Å². The first-order chi connectivity index (χ1) is 8.74. The van der Waals surface area contributed by atoms with Crippen LogP contribution in [0.4, 0.5) is 0 Å². The van der Waals surface area contributed by atoms with E-state index in [2.05, 4.69) is 17.2 Å². The van der Waals surface area contributed by atoms with Crippen molar-refractivity contribution in [2.45, 2.75) is 72.3 Å². The smallest absolute Gasteiger partial charge is 0.208 e. The van der Waals surface area contributed by atoms with Gasteiger partial charge in [-0.3, -0.25) is 0 Å². The third-order valence-corrected chi connectivity index (χ3v) is 3.31. The van der Waals surface area contributed by atoms with Crippen molar-refractivity contribution >= 4 is 0 Å². The van der Waals surface area contributed by atoms with Gasteiger partial charge in [-0.15, -0.1) is 0 Å². The van der Waals surface area contributed by atoms with Crippen molar-refractivity contribution in [1.29, 1.82) is 0 Å². The predicted octanol–water partition coefficient (Wildman–Crippen LogP) is 4.13. The topological polar surface area (TPSA) is 38.1 Å². The second-order valence-corrected chi connectivity index (χ2v) is 5.05. The molecule has 0 atom stereocenters. The Kier molecular flexibility index (Phi) is 7.74. The van der Waals surface area contributed by atoms with E-state index in [1.54, 1.807) is 0 Å². The van der Waals surface area contributed by atoms with Gasteiger partial charge in [0.05, 0.1) is 12.2 Å². The minimum atomic E-state index is 0.754. The maximum absolute atomic E-state index is 5.51. The van der Waals surface area contributed by atoms with Crippen LogP contribution in [0.5, 0.6) is 0 Å². The Morgan fingerprint density at radius 1 is 1.00 bits per heavy atom. The summed E-state index contributed by atoms with van der Waals surface area (Å²) in [4.78, 5) is 4.35. The molecule has 18 heavy (non-hydrogen) atoms. The fourth-order valence-electron chi connectivity index (χ4n) is 2.02. The standard InChI is InChI=1S/C15H28N2O/c1-4-5-6-7-8-9-10-11-16-12-15-17-13(2)14(3)18-15/h16H,4-12H2,1-3H3. The second-order valence-electron chi connectivity index (χ2n) is 5.05. The number of nitrogens with zero attached hydrogens (tertiary/aromatic N) is 1. The molecule has 1 rings (SSSR count). The summed E-state index contributed by atoms with van der Waals surface area (Å²) in [6, 6.07) is 0. The van der Waals surface area contributed by atoms with Gasteiger partial charge in [0.1, 0.15) is 5.76 Å². The van der Waals surface area contributed by atoms with Crippen molar-refractivity contribution in [3.8, 4) is 0 Å². The molecule has 0 amide bonds. The third kappa shape index (κ3) is 6.20. The Hall–Kier alpha value is -0.830. The van der Waals surface area contributed by atoms with Crippen LogP contribution in [0, 0.1) is 13.8 Å². The zero-order chi connectivity index (χ0) is 13.2. The van der Waals surface area contributed by atoms with Gasteiger partial charge >= 0.3 is 0 Å². The van der Waals surface area contributed by atoms with Crippen LogP contribution in [-0.4, -0.2) is 11.5 Å². The van der Waals surface area contributed by atoms with Crippen LogP contribution in [0.25, 0.3) is 0 Å². The molecule has 1 heterocycles. The number of hydrogen-bond acceptors (Lipinski definition) is 3. The molecular weight excluding hydrogens is 224 g/mol. The Morgan fingerprint density at radius 2 is 1.67 bits per heavy atom. The predicted molar refractivity (Wildman–Crippen MR) is 75.7 cm³/mol. The Bertz CT molecular complexity index is 301. The summed E-state index contributed by atoms with van der Waals surface area (Å²) in [7, 11) is 0. The molecule has 3 heteroatoms. The van der Waals surface area contributed by atoms with Crippen LogP contribution in [0.2, 0.25) is 0 Å². The van der Waals surface area contributed by atoms with Gasteiger partial charge in [0.2, 0.25) is 5.89 Å². The molecule has 0 aliphatic carbocycles. The van der Waals surface area contributed by atoms with E-state index in [1.807, 2.05) is 13.8 Å². The van der Waals surface area contributed by atoms with Crippen LogP contribution in [-0.2, 0) is 6.54 Å². The summed E-state index contributed by atoms with van der Waals surface area (Å²) in [5.41, 5.74) is 1.00. The molecule has 0 saturated heterocycles. The van der Waals surface area contributed by atoms with Crippen molar-refractivity contribution < 1.29 is 4.42 Å². The molecule has 1 aromatic rings. The van der Waals surface area contributed by atoms with E-state index < -0.39 is 0 Å². The summed E-state index contributed by atoms with van der Waals surface area (Å²) >= 11 is 0. The van der Waals surface area contributed by atoms with E-state index in [9.17, 15) is 0 Å². The van der Waals surface area contributed by atoms with Crippen molar-refractivity contribution in [2.75, 3.05) is 6.54 Å². The number of hydrogen-bond donors (Lipinski definition) is 1. The summed E-state index contributed by atoms with van der Waals surface area (Å²) < 4.78 is 5.51. The molecular formula is C15H28N2O. The van der Waals surface area contributed by atoms with E-state index in [1.165, 1.54) is 44.9 Å². The number of nitrogens with one attached hydrogen (secondary N) is 1. The van der Waals surface area contributed by atoms with Gasteiger partial charge < -0.3 is 9.73 Å². The van der Waals surface area contributed by atoms with Crippen LogP contribution in [0.15, 0.2) is 4.42 Å². The lowest BCUT2D eigenvalue weighted by Crippen LogP contribution is -2.14. The van der Waals surface area contributed by atoms with Gasteiger partial charge in [-0.05, 0) is 26.8 Å². The number of aromatic nitrogens is 1. The number of unbranched alkanes of at least 4 members (excludes halogenated alkanes) is 6. The quantitative estimate of drug-likeness (QED) is 0.636. The van der Waals surface area contributed by atoms with E-state index in [4.69, 9.17) is 4.42 Å². The number of aryl methyl sites for hydroxylation is 2. The van der Waals surface area contributed by atoms with Gasteiger partial charge in [-0.25, -0.2) is 4.98 Å². The molecule has 0 unspecified atom stereocenters. The van der Waals surface area contributed by atoms with Gasteiger partial charge in [-0.1, -0.05) is 45.4 Å². The zero-order valence-electron chi connectivity index (χ0n) is 12.2. The lowest BCUT2D eigenvalue weighted by atomic mass is 10.1. The van der Waals surface area contributed by atoms with Gasteiger partial charge in [0.15, 0.2) is 0 Å². The van der Waals surface area contributed by atoms with E-state index >= 15 is 0 Å². The maximum Gasteiger partial charge on any atom is 0.208 e. The van der Waals surface area contributed by atoms with Gasteiger partial charge in [0.25, 0.3) is 0 Å².